The predicted octanol–water partition coefficient (Wildman–Crippen LogP) is 1.45. The highest BCUT2D eigenvalue weighted by molar-refractivity contribution is 6.28. The number of nitrogens with one attached hydrogen (secondary N) is 1. The summed E-state index contributed by atoms with van der Waals surface area (Å²) in [6.07, 6.45) is 5.31. The standard InChI is InChI=1S/C12H18ClN5O/c13-9-14-10(17-12(8-19)4-3-5-12)16-11(15-9)18-6-1-2-7-18/h19H,1-8H2,(H,14,15,16,17). The summed E-state index contributed by atoms with van der Waals surface area (Å²) in [5.74, 6) is 1.10. The van der Waals surface area contributed by atoms with Gasteiger partial charge in [-0.3, -0.25) is 0 Å². The molecule has 6 nitrogen and oxygen atoms in total. The zero-order valence-electron chi connectivity index (χ0n) is 10.8. The van der Waals surface area contributed by atoms with Gasteiger partial charge in [0.15, 0.2) is 0 Å². The minimum atomic E-state index is -0.271. The van der Waals surface area contributed by atoms with Gasteiger partial charge in [-0.2, -0.15) is 15.0 Å². The molecule has 0 unspecified atom stereocenters. The second kappa shape index (κ2) is 5.09. The molecular formula is C12H18ClN5O. The van der Waals surface area contributed by atoms with E-state index in [4.69, 9.17) is 11.6 Å². The number of nitrogens with zero attached hydrogens (tertiary/aromatic N) is 4. The topological polar surface area (TPSA) is 74.2 Å². The van der Waals surface area contributed by atoms with Crippen LogP contribution in [-0.2, 0) is 0 Å². The van der Waals surface area contributed by atoms with E-state index in [0.717, 1.165) is 45.2 Å². The summed E-state index contributed by atoms with van der Waals surface area (Å²) in [4.78, 5) is 14.8. The summed E-state index contributed by atoms with van der Waals surface area (Å²) >= 11 is 5.97. The summed E-state index contributed by atoms with van der Waals surface area (Å²) in [6.45, 7) is 2.02. The molecular weight excluding hydrogens is 266 g/mol. The average Bonchev–Trinajstić information content (AvgIpc) is 2.87. The van der Waals surface area contributed by atoms with Crippen LogP contribution in [0, 0.1) is 0 Å². The quantitative estimate of drug-likeness (QED) is 0.871. The third-order valence-corrected chi connectivity index (χ3v) is 4.14. The molecule has 1 aliphatic carbocycles. The van der Waals surface area contributed by atoms with Crippen LogP contribution in [0.3, 0.4) is 0 Å². The lowest BCUT2D eigenvalue weighted by Crippen LogP contribution is -2.48. The zero-order valence-corrected chi connectivity index (χ0v) is 11.5. The van der Waals surface area contributed by atoms with Gasteiger partial charge in [-0.1, -0.05) is 0 Å². The van der Waals surface area contributed by atoms with Crippen LogP contribution in [0.5, 0.6) is 0 Å². The SMILES string of the molecule is OCC1(Nc2nc(Cl)nc(N3CCCC3)n2)CCC1. The molecule has 2 aliphatic rings. The van der Waals surface area contributed by atoms with E-state index in [0.29, 0.717) is 11.9 Å². The van der Waals surface area contributed by atoms with E-state index in [1.54, 1.807) is 0 Å². The van der Waals surface area contributed by atoms with Crippen LogP contribution in [0.2, 0.25) is 5.28 Å². The predicted molar refractivity (Wildman–Crippen MR) is 73.6 cm³/mol. The van der Waals surface area contributed by atoms with Crippen LogP contribution < -0.4 is 10.2 Å². The molecule has 0 atom stereocenters. The van der Waals surface area contributed by atoms with Crippen molar-refractivity contribution in [1.82, 2.24) is 15.0 Å². The van der Waals surface area contributed by atoms with E-state index in [9.17, 15) is 5.11 Å². The van der Waals surface area contributed by atoms with Gasteiger partial charge in [0.2, 0.25) is 17.2 Å². The molecule has 2 N–H and O–H groups in total. The molecule has 1 saturated heterocycles. The maximum absolute atomic E-state index is 9.47. The molecule has 0 amide bonds. The molecule has 0 radical (unpaired) electrons. The molecule has 1 saturated carbocycles. The highest BCUT2D eigenvalue weighted by atomic mass is 35.5. The maximum Gasteiger partial charge on any atom is 0.231 e. The van der Waals surface area contributed by atoms with Gasteiger partial charge >= 0.3 is 0 Å². The molecule has 19 heavy (non-hydrogen) atoms. The van der Waals surface area contributed by atoms with Crippen molar-refractivity contribution < 1.29 is 5.11 Å². The minimum Gasteiger partial charge on any atom is -0.394 e. The summed E-state index contributed by atoms with van der Waals surface area (Å²) in [5.41, 5.74) is -0.271. The first-order valence-electron chi connectivity index (χ1n) is 6.76. The first-order chi connectivity index (χ1) is 9.21. The van der Waals surface area contributed by atoms with Crippen molar-refractivity contribution in [2.75, 3.05) is 29.9 Å². The van der Waals surface area contributed by atoms with Gasteiger partial charge < -0.3 is 15.3 Å². The van der Waals surface area contributed by atoms with E-state index in [1.807, 2.05) is 0 Å². The zero-order chi connectivity index (χ0) is 13.3. The van der Waals surface area contributed by atoms with E-state index in [2.05, 4.69) is 25.2 Å². The Labute approximate surface area is 117 Å². The molecule has 1 aromatic rings. The molecule has 0 spiro atoms. The van der Waals surface area contributed by atoms with E-state index in [-0.39, 0.29) is 17.4 Å². The van der Waals surface area contributed by atoms with Crippen molar-refractivity contribution in [3.63, 3.8) is 0 Å². The second-order valence-corrected chi connectivity index (χ2v) is 5.68. The third-order valence-electron chi connectivity index (χ3n) is 3.98. The number of halogens is 1. The average molecular weight is 284 g/mol. The fraction of sp³-hybridized carbons (Fsp3) is 0.750. The summed E-state index contributed by atoms with van der Waals surface area (Å²) in [5, 5.41) is 12.9. The van der Waals surface area contributed by atoms with Crippen LogP contribution in [0.4, 0.5) is 11.9 Å². The van der Waals surface area contributed by atoms with Crippen molar-refractivity contribution in [3.05, 3.63) is 5.28 Å². The van der Waals surface area contributed by atoms with Crippen LogP contribution in [0.1, 0.15) is 32.1 Å². The Morgan fingerprint density at radius 2 is 1.89 bits per heavy atom. The van der Waals surface area contributed by atoms with Crippen LogP contribution >= 0.6 is 11.6 Å². The Hall–Kier alpha value is -1.14. The molecule has 1 aromatic heterocycles. The summed E-state index contributed by atoms with van der Waals surface area (Å²) < 4.78 is 0. The van der Waals surface area contributed by atoms with Gasteiger partial charge in [0, 0.05) is 13.1 Å². The highest BCUT2D eigenvalue weighted by Crippen LogP contribution is 2.34. The van der Waals surface area contributed by atoms with Crippen molar-refractivity contribution >= 4 is 23.5 Å². The fourth-order valence-electron chi connectivity index (χ4n) is 2.62. The van der Waals surface area contributed by atoms with Crippen molar-refractivity contribution in [3.8, 4) is 0 Å². The normalized spacial score (nSPS) is 21.3. The number of hydrogen-bond donors (Lipinski definition) is 2. The Kier molecular flexibility index (Phi) is 3.45. The molecule has 2 fully saturated rings. The van der Waals surface area contributed by atoms with Crippen molar-refractivity contribution in [1.29, 1.82) is 0 Å². The molecule has 1 aliphatic heterocycles. The summed E-state index contributed by atoms with van der Waals surface area (Å²) in [7, 11) is 0. The van der Waals surface area contributed by atoms with Gasteiger partial charge in [-0.25, -0.2) is 0 Å². The number of rotatable bonds is 4. The van der Waals surface area contributed by atoms with Gasteiger partial charge in [0.25, 0.3) is 0 Å². The number of aliphatic hydroxyl groups is 1. The van der Waals surface area contributed by atoms with Crippen LogP contribution in [0.15, 0.2) is 0 Å². The molecule has 104 valence electrons. The lowest BCUT2D eigenvalue weighted by Gasteiger charge is -2.40. The smallest absolute Gasteiger partial charge is 0.231 e. The Morgan fingerprint density at radius 3 is 2.47 bits per heavy atom. The third kappa shape index (κ3) is 2.60. The number of anilines is 2. The molecule has 7 heteroatoms. The maximum atomic E-state index is 9.47. The second-order valence-electron chi connectivity index (χ2n) is 5.34. The van der Waals surface area contributed by atoms with E-state index >= 15 is 0 Å². The molecule has 3 rings (SSSR count). The van der Waals surface area contributed by atoms with Gasteiger partial charge in [-0.15, -0.1) is 0 Å². The van der Waals surface area contributed by atoms with Crippen LogP contribution in [-0.4, -0.2) is 45.3 Å². The van der Waals surface area contributed by atoms with Crippen LogP contribution in [0.25, 0.3) is 0 Å². The summed E-state index contributed by atoms with van der Waals surface area (Å²) in [6, 6.07) is 0. The van der Waals surface area contributed by atoms with Gasteiger partial charge in [0.05, 0.1) is 12.1 Å². The lowest BCUT2D eigenvalue weighted by molar-refractivity contribution is 0.143. The molecule has 0 aromatic carbocycles. The molecule has 2 heterocycles. The number of aromatic nitrogens is 3. The number of aliphatic hydroxyl groups excluding tert-OH is 1. The number of hydrogen-bond acceptors (Lipinski definition) is 6. The van der Waals surface area contributed by atoms with Crippen molar-refractivity contribution in [2.45, 2.75) is 37.6 Å². The lowest BCUT2D eigenvalue weighted by atomic mass is 9.77. The largest absolute Gasteiger partial charge is 0.394 e. The monoisotopic (exact) mass is 283 g/mol. The minimum absolute atomic E-state index is 0.0926. The first-order valence-corrected chi connectivity index (χ1v) is 7.14. The Morgan fingerprint density at radius 1 is 1.16 bits per heavy atom. The molecule has 0 bridgehead atoms. The van der Waals surface area contributed by atoms with Crippen molar-refractivity contribution in [2.24, 2.45) is 0 Å². The highest BCUT2D eigenvalue weighted by Gasteiger charge is 2.37. The fourth-order valence-corrected chi connectivity index (χ4v) is 2.77. The van der Waals surface area contributed by atoms with E-state index in [1.165, 1.54) is 0 Å². The Balaban J connectivity index is 1.81. The van der Waals surface area contributed by atoms with Gasteiger partial charge in [0.1, 0.15) is 0 Å². The first kappa shape index (κ1) is 12.9. The Bertz CT molecular complexity index is 454. The van der Waals surface area contributed by atoms with E-state index < -0.39 is 0 Å². The van der Waals surface area contributed by atoms with Gasteiger partial charge in [-0.05, 0) is 43.7 Å².